The maximum Gasteiger partial charge on any atom is 0.297 e. The van der Waals surface area contributed by atoms with Gasteiger partial charge >= 0.3 is 0 Å². The lowest BCUT2D eigenvalue weighted by Gasteiger charge is -2.00. The molecule has 5 heteroatoms. The summed E-state index contributed by atoms with van der Waals surface area (Å²) in [5, 5.41) is 0. The molecular formula is C20H14N5+. The molecule has 0 unspecified atom stereocenters. The van der Waals surface area contributed by atoms with E-state index in [2.05, 4.69) is 60.0 Å². The molecule has 0 saturated carbocycles. The summed E-state index contributed by atoms with van der Waals surface area (Å²) in [6, 6.07) is 16.6. The number of pyridine rings is 1. The number of para-hydroxylation sites is 1. The molecule has 1 aromatic carbocycles. The monoisotopic (exact) mass is 324 g/mol. The second-order valence-electron chi connectivity index (χ2n) is 6.29. The summed E-state index contributed by atoms with van der Waals surface area (Å²) >= 11 is 0. The Morgan fingerprint density at radius 1 is 0.920 bits per heavy atom. The third-order valence-corrected chi connectivity index (χ3v) is 4.92. The van der Waals surface area contributed by atoms with Crippen molar-refractivity contribution >= 4 is 16.7 Å². The first-order valence-electron chi connectivity index (χ1n) is 8.31. The molecule has 5 nitrogen and oxygen atoms in total. The number of hydrogen-bond donors (Lipinski definition) is 0. The largest absolute Gasteiger partial charge is 0.300 e. The Hall–Kier alpha value is -3.47. The summed E-state index contributed by atoms with van der Waals surface area (Å²) in [5.74, 6) is 1.17. The molecule has 0 fully saturated rings. The van der Waals surface area contributed by atoms with E-state index in [4.69, 9.17) is 0 Å². The number of fused-ring (bicyclic) bond motifs is 7. The van der Waals surface area contributed by atoms with Crippen molar-refractivity contribution in [2.45, 2.75) is 6.54 Å². The minimum atomic E-state index is 0.776. The molecule has 0 N–H and O–H groups in total. The van der Waals surface area contributed by atoms with Gasteiger partial charge in [0.25, 0.3) is 5.82 Å². The van der Waals surface area contributed by atoms with E-state index in [1.165, 1.54) is 11.4 Å². The molecule has 5 heterocycles. The van der Waals surface area contributed by atoms with Crippen LogP contribution in [0.25, 0.3) is 33.8 Å². The predicted octanol–water partition coefficient (Wildman–Crippen LogP) is 2.99. The van der Waals surface area contributed by atoms with Gasteiger partial charge in [0, 0.05) is 18.6 Å². The lowest BCUT2D eigenvalue weighted by Crippen LogP contribution is -2.31. The molecule has 0 aliphatic carbocycles. The number of aromatic nitrogens is 5. The minimum Gasteiger partial charge on any atom is -0.300 e. The van der Waals surface area contributed by atoms with E-state index in [0.717, 1.165) is 34.6 Å². The van der Waals surface area contributed by atoms with Gasteiger partial charge < -0.3 is 4.40 Å². The standard InChI is InChI=1S/C20H14N5/c1-2-6-14(7-3-1)25-17-13-23-11-5-10-22-19(23)18(17)24-12-16-15(20(24)25)8-4-9-21-16/h1-11,13H,12H2/q+1. The molecule has 0 amide bonds. The van der Waals surface area contributed by atoms with Crippen LogP contribution in [0.3, 0.4) is 0 Å². The van der Waals surface area contributed by atoms with Gasteiger partial charge in [0.2, 0.25) is 11.0 Å². The first kappa shape index (κ1) is 12.9. The summed E-state index contributed by atoms with van der Waals surface area (Å²) in [4.78, 5) is 9.22. The van der Waals surface area contributed by atoms with Crippen LogP contribution in [0, 0.1) is 0 Å². The third kappa shape index (κ3) is 1.59. The molecule has 25 heavy (non-hydrogen) atoms. The van der Waals surface area contributed by atoms with Crippen molar-refractivity contribution in [2.75, 3.05) is 0 Å². The van der Waals surface area contributed by atoms with E-state index in [1.807, 2.05) is 36.8 Å². The highest BCUT2D eigenvalue weighted by atomic mass is 15.2. The first-order chi connectivity index (χ1) is 12.4. The van der Waals surface area contributed by atoms with Gasteiger partial charge in [-0.25, -0.2) is 9.55 Å². The summed E-state index contributed by atoms with van der Waals surface area (Å²) in [7, 11) is 0. The van der Waals surface area contributed by atoms with Crippen LogP contribution in [0.2, 0.25) is 0 Å². The summed E-state index contributed by atoms with van der Waals surface area (Å²) in [6.45, 7) is 0.776. The van der Waals surface area contributed by atoms with Gasteiger partial charge in [0.05, 0.1) is 17.5 Å². The second kappa shape index (κ2) is 4.54. The topological polar surface area (TPSA) is 39.0 Å². The van der Waals surface area contributed by atoms with Crippen LogP contribution >= 0.6 is 0 Å². The van der Waals surface area contributed by atoms with Crippen LogP contribution in [0.4, 0.5) is 0 Å². The molecule has 0 saturated heterocycles. The molecule has 1 aliphatic rings. The summed E-state index contributed by atoms with van der Waals surface area (Å²) in [5.41, 5.74) is 6.73. The van der Waals surface area contributed by atoms with Crippen LogP contribution < -0.4 is 4.57 Å². The van der Waals surface area contributed by atoms with Crippen molar-refractivity contribution < 1.29 is 4.57 Å². The Kier molecular flexibility index (Phi) is 2.34. The Bertz CT molecular complexity index is 1260. The van der Waals surface area contributed by atoms with Crippen molar-refractivity contribution in [3.63, 3.8) is 0 Å². The van der Waals surface area contributed by atoms with Gasteiger partial charge in [-0.05, 0) is 30.3 Å². The number of imidazole rings is 1. The Labute approximate surface area is 143 Å². The van der Waals surface area contributed by atoms with Crippen LogP contribution in [-0.2, 0) is 6.54 Å². The van der Waals surface area contributed by atoms with Gasteiger partial charge in [0.1, 0.15) is 12.2 Å². The second-order valence-corrected chi connectivity index (χ2v) is 6.29. The third-order valence-electron chi connectivity index (χ3n) is 4.92. The average Bonchev–Trinajstić information content (AvgIpc) is 3.29. The van der Waals surface area contributed by atoms with Gasteiger partial charge in [-0.15, -0.1) is 0 Å². The number of hydrogen-bond acceptors (Lipinski definition) is 2. The van der Waals surface area contributed by atoms with Gasteiger partial charge in [0.15, 0.2) is 5.65 Å². The van der Waals surface area contributed by atoms with Gasteiger partial charge in [-0.1, -0.05) is 18.2 Å². The molecule has 118 valence electrons. The summed E-state index contributed by atoms with van der Waals surface area (Å²) < 4.78 is 6.74. The van der Waals surface area contributed by atoms with Crippen molar-refractivity contribution in [1.82, 2.24) is 18.9 Å². The first-order valence-corrected chi connectivity index (χ1v) is 8.31. The normalized spacial score (nSPS) is 12.6. The highest BCUT2D eigenvalue weighted by Gasteiger charge is 2.37. The lowest BCUT2D eigenvalue weighted by atomic mass is 10.2. The fraction of sp³-hybridized carbons (Fsp3) is 0.0500. The Morgan fingerprint density at radius 3 is 2.72 bits per heavy atom. The number of nitrogens with zero attached hydrogens (tertiary/aromatic N) is 5. The van der Waals surface area contributed by atoms with Crippen LogP contribution in [0.5, 0.6) is 0 Å². The minimum absolute atomic E-state index is 0.776. The van der Waals surface area contributed by atoms with Crippen LogP contribution in [-0.4, -0.2) is 18.9 Å². The molecule has 0 spiro atoms. The molecule has 0 radical (unpaired) electrons. The molecule has 1 aliphatic heterocycles. The van der Waals surface area contributed by atoms with Gasteiger partial charge in [-0.2, -0.15) is 4.57 Å². The zero-order chi connectivity index (χ0) is 16.4. The van der Waals surface area contributed by atoms with Crippen LogP contribution in [0.15, 0.2) is 73.3 Å². The molecule has 4 aromatic heterocycles. The van der Waals surface area contributed by atoms with Crippen molar-refractivity contribution in [1.29, 1.82) is 0 Å². The molecule has 6 rings (SSSR count). The Balaban J connectivity index is 1.83. The van der Waals surface area contributed by atoms with Crippen LogP contribution in [0.1, 0.15) is 5.69 Å². The molecule has 0 atom stereocenters. The number of rotatable bonds is 1. The summed E-state index contributed by atoms with van der Waals surface area (Å²) in [6.07, 6.45) is 7.92. The average molecular weight is 324 g/mol. The maximum absolute atomic E-state index is 4.63. The highest BCUT2D eigenvalue weighted by molar-refractivity contribution is 5.91. The zero-order valence-electron chi connectivity index (χ0n) is 13.4. The van der Waals surface area contributed by atoms with E-state index in [1.54, 1.807) is 0 Å². The lowest BCUT2D eigenvalue weighted by molar-refractivity contribution is -0.645. The maximum atomic E-state index is 4.63. The quantitative estimate of drug-likeness (QED) is 0.436. The molecule has 0 bridgehead atoms. The SMILES string of the molecule is c1ccc(-n2c3[n+](c4c2cn2cccnc42)Cc2ncccc2-3)cc1. The fourth-order valence-electron chi connectivity index (χ4n) is 3.92. The van der Waals surface area contributed by atoms with E-state index < -0.39 is 0 Å². The zero-order valence-corrected chi connectivity index (χ0v) is 13.4. The molecular weight excluding hydrogens is 310 g/mol. The van der Waals surface area contributed by atoms with Crippen molar-refractivity contribution in [2.24, 2.45) is 0 Å². The Morgan fingerprint density at radius 2 is 1.80 bits per heavy atom. The van der Waals surface area contributed by atoms with E-state index >= 15 is 0 Å². The molecule has 5 aromatic rings. The van der Waals surface area contributed by atoms with E-state index in [9.17, 15) is 0 Å². The number of benzene rings is 1. The van der Waals surface area contributed by atoms with Gasteiger partial charge in [-0.3, -0.25) is 4.98 Å². The van der Waals surface area contributed by atoms with Crippen molar-refractivity contribution in [3.8, 4) is 17.1 Å². The van der Waals surface area contributed by atoms with E-state index in [0.29, 0.717) is 0 Å². The smallest absolute Gasteiger partial charge is 0.297 e. The van der Waals surface area contributed by atoms with Crippen molar-refractivity contribution in [3.05, 3.63) is 79.0 Å². The van der Waals surface area contributed by atoms with E-state index in [-0.39, 0.29) is 0 Å². The highest BCUT2D eigenvalue weighted by Crippen LogP contribution is 2.34. The predicted molar refractivity (Wildman–Crippen MR) is 94.6 cm³/mol. The fourth-order valence-corrected chi connectivity index (χ4v) is 3.92.